The third-order valence-corrected chi connectivity index (χ3v) is 19.6. The molecular formula is C50H62Br4Cl2N4O9P2. The van der Waals surface area contributed by atoms with E-state index in [4.69, 9.17) is 56.4 Å². The van der Waals surface area contributed by atoms with Gasteiger partial charge in [-0.1, -0.05) is 55.1 Å². The van der Waals surface area contributed by atoms with Gasteiger partial charge in [0, 0.05) is 65.3 Å². The van der Waals surface area contributed by atoms with Crippen molar-refractivity contribution in [1.82, 2.24) is 20.2 Å². The Hall–Kier alpha value is -1.56. The number of nitrogens with zero attached hydrogens (tertiary/aromatic N) is 3. The third kappa shape index (κ3) is 15.8. The number of hydrogen-bond donors (Lipinski definition) is 2. The molecule has 2 saturated heterocycles. The second-order valence-electron chi connectivity index (χ2n) is 17.7. The molecule has 0 unspecified atom stereocenters. The zero-order chi connectivity index (χ0) is 51.5. The zero-order valence-electron chi connectivity index (χ0n) is 40.4. The summed E-state index contributed by atoms with van der Waals surface area (Å²) in [6.07, 6.45) is 10.9. The topological polar surface area (TPSA) is 166 Å². The van der Waals surface area contributed by atoms with E-state index in [1.807, 2.05) is 24.5 Å². The lowest BCUT2D eigenvalue weighted by Gasteiger charge is -2.37. The van der Waals surface area contributed by atoms with Gasteiger partial charge in [-0.15, -0.1) is 0 Å². The van der Waals surface area contributed by atoms with Crippen LogP contribution in [0.5, 0.6) is 0 Å². The Labute approximate surface area is 461 Å². The van der Waals surface area contributed by atoms with Gasteiger partial charge in [-0.05, 0) is 206 Å². The van der Waals surface area contributed by atoms with Gasteiger partial charge in [0.05, 0.1) is 37.8 Å². The van der Waals surface area contributed by atoms with Crippen LogP contribution in [0, 0.1) is 11.8 Å². The van der Waals surface area contributed by atoms with Crippen LogP contribution in [-0.2, 0) is 62.5 Å². The molecule has 2 aliphatic carbocycles. The Kier molecular flexibility index (Phi) is 22.7. The van der Waals surface area contributed by atoms with Gasteiger partial charge in [0.25, 0.3) is 0 Å². The zero-order valence-corrected chi connectivity index (χ0v) is 50.0. The fraction of sp³-hybridized carbons (Fsp3) is 0.520. The Balaban J connectivity index is 0.000000197. The molecule has 2 aromatic carbocycles. The summed E-state index contributed by atoms with van der Waals surface area (Å²) in [6, 6.07) is 12.7. The molecule has 388 valence electrons. The standard InChI is InChI=1S/C25H30Br2ClN2O4P.C19H19Br2ClN2.C6H13O5P/c1-3-33-35(32,34-4-2)15-22(31)30-9-7-16(8-10-30)24-23-17(12-20(28)13-21(23)27)5-6-18-11-19(26)14-29-25(18)24;20-14-7-13-2-1-12-8-15(22)9-16(21)17(12)18(19(13)24-10-14)11-3-5-23-6-4-11;1-3-10-12(9,11-4-2)5-6(7)8/h11-14,16,24H,3-10,15H2,1-2H3;7-11,18,23H,1-6H2;3-5H2,1-2H3,(H,7,8)/t24-;18-;/m11./s1. The molecule has 0 spiro atoms. The summed E-state index contributed by atoms with van der Waals surface area (Å²) in [7, 11) is -6.79. The minimum atomic E-state index is -3.42. The molecule has 71 heavy (non-hydrogen) atoms. The number of carbonyl (C=O) groups is 2. The van der Waals surface area contributed by atoms with Gasteiger partial charge in [-0.3, -0.25) is 28.7 Å². The lowest BCUT2D eigenvalue weighted by Crippen LogP contribution is -2.41. The molecule has 4 heterocycles. The number of nitrogens with one attached hydrogen (secondary N) is 1. The molecule has 2 aliphatic heterocycles. The number of likely N-dealkylation sites (tertiary alicyclic amines) is 1. The van der Waals surface area contributed by atoms with Crippen LogP contribution in [0.25, 0.3) is 0 Å². The summed E-state index contributed by atoms with van der Waals surface area (Å²) in [5.41, 5.74) is 10.3. The van der Waals surface area contributed by atoms with E-state index in [0.717, 1.165) is 85.2 Å². The summed E-state index contributed by atoms with van der Waals surface area (Å²) in [4.78, 5) is 34.8. The normalized spacial score (nSPS) is 18.3. The predicted molar refractivity (Wildman–Crippen MR) is 295 cm³/mol. The molecule has 0 saturated carbocycles. The fourth-order valence-electron chi connectivity index (χ4n) is 10.2. The first-order valence-electron chi connectivity index (χ1n) is 24.1. The van der Waals surface area contributed by atoms with E-state index in [-0.39, 0.29) is 44.4 Å². The van der Waals surface area contributed by atoms with Gasteiger partial charge in [-0.2, -0.15) is 0 Å². The van der Waals surface area contributed by atoms with Crippen molar-refractivity contribution in [3.05, 3.63) is 121 Å². The predicted octanol–water partition coefficient (Wildman–Crippen LogP) is 13.8. The fourth-order valence-corrected chi connectivity index (χ4v) is 16.1. The molecular weight excluding hydrogens is 1250 g/mol. The van der Waals surface area contributed by atoms with E-state index >= 15 is 0 Å². The lowest BCUT2D eigenvalue weighted by atomic mass is 9.76. The van der Waals surface area contributed by atoms with Crippen LogP contribution in [0.1, 0.15) is 110 Å². The smallest absolute Gasteiger partial charge is 0.341 e. The number of halogens is 6. The lowest BCUT2D eigenvalue weighted by molar-refractivity contribution is -0.134. The molecule has 2 atom stereocenters. The monoisotopic (exact) mass is 1310 g/mol. The maximum Gasteiger partial charge on any atom is 0.341 e. The first-order chi connectivity index (χ1) is 33.9. The van der Waals surface area contributed by atoms with Crippen molar-refractivity contribution in [2.24, 2.45) is 11.8 Å². The largest absolute Gasteiger partial charge is 0.481 e. The van der Waals surface area contributed by atoms with Gasteiger partial charge < -0.3 is 33.4 Å². The third-order valence-electron chi connectivity index (χ3n) is 13.0. The van der Waals surface area contributed by atoms with E-state index in [9.17, 15) is 18.7 Å². The molecule has 2 aromatic heterocycles. The quantitative estimate of drug-likeness (QED) is 0.115. The summed E-state index contributed by atoms with van der Waals surface area (Å²) >= 11 is 27.5. The van der Waals surface area contributed by atoms with Crippen LogP contribution in [0.2, 0.25) is 10.0 Å². The second-order valence-corrected chi connectivity index (χ2v) is 26.2. The first-order valence-corrected chi connectivity index (χ1v) is 31.5. The molecule has 0 bridgehead atoms. The Morgan fingerprint density at radius 1 is 0.634 bits per heavy atom. The van der Waals surface area contributed by atoms with Gasteiger partial charge in [0.2, 0.25) is 5.91 Å². The molecule has 2 N–H and O–H groups in total. The number of hydrogen-bond acceptors (Lipinski definition) is 11. The molecule has 0 radical (unpaired) electrons. The van der Waals surface area contributed by atoms with E-state index < -0.39 is 27.3 Å². The maximum absolute atomic E-state index is 13.0. The Bertz CT molecular complexity index is 2580. The van der Waals surface area contributed by atoms with Crippen molar-refractivity contribution < 1.29 is 41.9 Å². The second kappa shape index (κ2) is 27.5. The Morgan fingerprint density at radius 2 is 1.03 bits per heavy atom. The Morgan fingerprint density at radius 3 is 1.44 bits per heavy atom. The van der Waals surface area contributed by atoms with Crippen LogP contribution in [0.3, 0.4) is 0 Å². The number of carbonyl (C=O) groups excluding carboxylic acids is 1. The molecule has 2 fully saturated rings. The van der Waals surface area contributed by atoms with Crippen LogP contribution in [0.4, 0.5) is 0 Å². The SMILES string of the molecule is CCOP(=O)(CC(=O)N1CCC([C@H]2c3ncc(Br)cc3CCc3cc(Cl)cc(Br)c32)CC1)OCC.CCOP(=O)(CC(=O)O)OCC.Clc1cc(Br)c2c(c1)CCc1cc(Br)cnc1[C@@H]2C1CCNCC1. The van der Waals surface area contributed by atoms with Gasteiger partial charge in [0.15, 0.2) is 0 Å². The van der Waals surface area contributed by atoms with Crippen molar-refractivity contribution in [3.8, 4) is 0 Å². The first kappa shape index (κ1) is 58.7. The number of aryl methyl sites for hydroxylation is 4. The highest BCUT2D eigenvalue weighted by atomic mass is 79.9. The minimum absolute atomic E-state index is 0.109. The number of aromatic nitrogens is 2. The van der Waals surface area contributed by atoms with Crippen molar-refractivity contribution >= 4 is 114 Å². The highest BCUT2D eigenvalue weighted by molar-refractivity contribution is 9.11. The van der Waals surface area contributed by atoms with E-state index in [0.29, 0.717) is 30.8 Å². The highest BCUT2D eigenvalue weighted by Crippen LogP contribution is 2.51. The van der Waals surface area contributed by atoms with Crippen LogP contribution in [0.15, 0.2) is 66.7 Å². The summed E-state index contributed by atoms with van der Waals surface area (Å²) < 4.78 is 48.6. The van der Waals surface area contributed by atoms with Gasteiger partial charge >= 0.3 is 21.2 Å². The number of amides is 1. The van der Waals surface area contributed by atoms with Gasteiger partial charge in [0.1, 0.15) is 12.3 Å². The van der Waals surface area contributed by atoms with Crippen molar-refractivity contribution in [1.29, 1.82) is 0 Å². The van der Waals surface area contributed by atoms with E-state index in [1.54, 1.807) is 32.6 Å². The minimum Gasteiger partial charge on any atom is -0.481 e. The molecule has 8 rings (SSSR count). The number of benzene rings is 2. The summed E-state index contributed by atoms with van der Waals surface area (Å²) in [5, 5.41) is 13.4. The number of carboxylic acid groups (broad SMARTS) is 1. The highest BCUT2D eigenvalue weighted by Gasteiger charge is 2.39. The number of pyridine rings is 2. The summed E-state index contributed by atoms with van der Waals surface area (Å²) in [5.74, 6) is 0.0294. The van der Waals surface area contributed by atoms with Crippen molar-refractivity contribution in [2.75, 3.05) is 64.9 Å². The number of aliphatic carboxylic acids is 1. The van der Waals surface area contributed by atoms with Crippen molar-refractivity contribution in [2.45, 2.75) is 90.9 Å². The molecule has 4 aliphatic rings. The van der Waals surface area contributed by atoms with Crippen LogP contribution < -0.4 is 5.32 Å². The summed E-state index contributed by atoms with van der Waals surface area (Å²) in [6.45, 7) is 11.0. The molecule has 21 heteroatoms. The van der Waals surface area contributed by atoms with E-state index in [2.05, 4.69) is 93.3 Å². The van der Waals surface area contributed by atoms with Crippen LogP contribution >= 0.6 is 102 Å². The van der Waals surface area contributed by atoms with E-state index in [1.165, 1.54) is 51.9 Å². The average molecular weight is 1320 g/mol. The molecule has 4 aromatic rings. The average Bonchev–Trinajstić information content (AvgIpc) is 3.57. The number of rotatable bonds is 14. The maximum atomic E-state index is 13.0. The molecule has 1 amide bonds. The van der Waals surface area contributed by atoms with Crippen LogP contribution in [-0.4, -0.2) is 96.8 Å². The number of piperidine rings is 2. The number of carboxylic acids is 1. The number of fused-ring (bicyclic) bond motifs is 4. The molecule has 13 nitrogen and oxygen atoms in total. The van der Waals surface area contributed by atoms with Crippen molar-refractivity contribution in [3.63, 3.8) is 0 Å². The van der Waals surface area contributed by atoms with Gasteiger partial charge in [-0.25, -0.2) is 0 Å².